The number of unbranched alkanes of at least 4 members (excludes halogenated alkanes) is 22. The lowest BCUT2D eigenvalue weighted by atomic mass is 10.0. The number of hydrogen-bond donors (Lipinski definition) is 1. The quantitative estimate of drug-likeness (QED) is 0.0396. The van der Waals surface area contributed by atoms with Crippen molar-refractivity contribution in [3.8, 4) is 0 Å². The van der Waals surface area contributed by atoms with Gasteiger partial charge in [0.2, 0.25) is 0 Å². The summed E-state index contributed by atoms with van der Waals surface area (Å²) in [6.45, 7) is 4.44. The van der Waals surface area contributed by atoms with Crippen molar-refractivity contribution in [2.45, 2.75) is 219 Å². The molecule has 1 atom stereocenters. The predicted molar refractivity (Wildman–Crippen MR) is 218 cm³/mol. The number of hydrogen-bond acceptors (Lipinski definition) is 3. The molecule has 0 aromatic rings. The van der Waals surface area contributed by atoms with Crippen LogP contribution >= 0.6 is 0 Å². The first kappa shape index (κ1) is 47.6. The van der Waals surface area contributed by atoms with Gasteiger partial charge in [0.15, 0.2) is 6.10 Å². The van der Waals surface area contributed by atoms with Crippen LogP contribution in [-0.4, -0.2) is 23.1 Å². The summed E-state index contributed by atoms with van der Waals surface area (Å²) >= 11 is 0. The standard InChI is InChI=1S/C46H80O4/c1-3-5-7-9-11-13-15-17-19-21-23-25-26-28-30-32-34-36-38-40-42-44(46(48)49)50-45(47)43-41-39-37-35-33-31-29-27-24-22-20-18-16-14-12-10-8-6-4-2/h6,8,12,14,18,20,24,27,31,33,44H,3-5,7,9-11,13,15-17,19,21-23,25-26,28-30,32,34-43H2,1-2H3,(H,48,49)/b8-6-,14-12-,20-18-,27-24-,33-31-. The summed E-state index contributed by atoms with van der Waals surface area (Å²) in [5.74, 6) is -1.39. The molecule has 4 nitrogen and oxygen atoms in total. The van der Waals surface area contributed by atoms with Gasteiger partial charge < -0.3 is 9.84 Å². The van der Waals surface area contributed by atoms with Gasteiger partial charge in [0.1, 0.15) is 0 Å². The Bertz CT molecular complexity index is 881. The third-order valence-electron chi connectivity index (χ3n) is 9.28. The van der Waals surface area contributed by atoms with Gasteiger partial charge in [0.25, 0.3) is 0 Å². The summed E-state index contributed by atoms with van der Waals surface area (Å²) in [6.07, 6.45) is 56.9. The SMILES string of the molecule is CC/C=C\C/C=C\C/C=C\C/C=C\C/C=C\CCCCCC(=O)OC(CCCCCCCCCCCCCCCCCCCCCC)C(=O)O. The monoisotopic (exact) mass is 697 g/mol. The Morgan fingerprint density at radius 2 is 0.820 bits per heavy atom. The van der Waals surface area contributed by atoms with Gasteiger partial charge in [-0.25, -0.2) is 4.79 Å². The maximum absolute atomic E-state index is 12.2. The van der Waals surface area contributed by atoms with Crippen LogP contribution in [0.1, 0.15) is 213 Å². The minimum atomic E-state index is -1.02. The lowest BCUT2D eigenvalue weighted by molar-refractivity contribution is -0.164. The van der Waals surface area contributed by atoms with E-state index in [1.165, 1.54) is 109 Å². The van der Waals surface area contributed by atoms with Gasteiger partial charge in [-0.3, -0.25) is 4.79 Å². The minimum Gasteiger partial charge on any atom is -0.479 e. The molecule has 0 amide bonds. The molecule has 0 aromatic heterocycles. The van der Waals surface area contributed by atoms with Crippen LogP contribution in [0, 0.1) is 0 Å². The fourth-order valence-electron chi connectivity index (χ4n) is 6.11. The highest BCUT2D eigenvalue weighted by Crippen LogP contribution is 2.16. The Balaban J connectivity index is 3.61. The molecule has 0 aliphatic heterocycles. The molecule has 0 saturated heterocycles. The van der Waals surface area contributed by atoms with Crippen molar-refractivity contribution < 1.29 is 19.4 Å². The first-order chi connectivity index (χ1) is 24.6. The predicted octanol–water partition coefficient (Wildman–Crippen LogP) is 14.9. The summed E-state index contributed by atoms with van der Waals surface area (Å²) in [7, 11) is 0. The first-order valence-electron chi connectivity index (χ1n) is 21.3. The second-order valence-electron chi connectivity index (χ2n) is 14.1. The van der Waals surface area contributed by atoms with Crippen molar-refractivity contribution in [1.29, 1.82) is 0 Å². The highest BCUT2D eigenvalue weighted by atomic mass is 16.6. The van der Waals surface area contributed by atoms with Gasteiger partial charge in [-0.2, -0.15) is 0 Å². The fraction of sp³-hybridized carbons (Fsp3) is 0.739. The number of allylic oxidation sites excluding steroid dienone is 10. The number of carboxylic acid groups (broad SMARTS) is 1. The van der Waals surface area contributed by atoms with Crippen molar-refractivity contribution in [1.82, 2.24) is 0 Å². The fourth-order valence-corrected chi connectivity index (χ4v) is 6.11. The normalized spacial score (nSPS) is 12.8. The molecule has 0 aromatic carbocycles. The van der Waals surface area contributed by atoms with Crippen LogP contribution in [0.5, 0.6) is 0 Å². The second kappa shape index (κ2) is 41.1. The Morgan fingerprint density at radius 1 is 0.460 bits per heavy atom. The van der Waals surface area contributed by atoms with E-state index in [1.807, 2.05) is 0 Å². The van der Waals surface area contributed by atoms with Gasteiger partial charge in [-0.15, -0.1) is 0 Å². The highest BCUT2D eigenvalue weighted by Gasteiger charge is 2.21. The average Bonchev–Trinajstić information content (AvgIpc) is 3.11. The minimum absolute atomic E-state index is 0.300. The number of carbonyl (C=O) groups excluding carboxylic acids is 1. The molecule has 4 heteroatoms. The number of rotatable bonds is 38. The van der Waals surface area contributed by atoms with E-state index in [9.17, 15) is 14.7 Å². The average molecular weight is 697 g/mol. The van der Waals surface area contributed by atoms with Gasteiger partial charge in [-0.05, 0) is 64.2 Å². The van der Waals surface area contributed by atoms with Gasteiger partial charge in [0, 0.05) is 6.42 Å². The Morgan fingerprint density at radius 3 is 1.22 bits per heavy atom. The number of carboxylic acids is 1. The zero-order valence-electron chi connectivity index (χ0n) is 32.9. The van der Waals surface area contributed by atoms with Gasteiger partial charge >= 0.3 is 11.9 Å². The van der Waals surface area contributed by atoms with E-state index >= 15 is 0 Å². The number of carbonyl (C=O) groups is 2. The van der Waals surface area contributed by atoms with Crippen LogP contribution in [-0.2, 0) is 14.3 Å². The summed E-state index contributed by atoms with van der Waals surface area (Å²) in [5, 5.41) is 9.52. The topological polar surface area (TPSA) is 63.6 Å². The molecule has 0 bridgehead atoms. The molecule has 0 radical (unpaired) electrons. The molecule has 0 spiro atoms. The molecule has 0 heterocycles. The van der Waals surface area contributed by atoms with Crippen LogP contribution in [0.15, 0.2) is 60.8 Å². The van der Waals surface area contributed by atoms with Gasteiger partial charge in [0.05, 0.1) is 0 Å². The smallest absolute Gasteiger partial charge is 0.345 e. The third kappa shape index (κ3) is 38.4. The number of aliphatic carboxylic acids is 1. The van der Waals surface area contributed by atoms with Crippen molar-refractivity contribution in [2.75, 3.05) is 0 Å². The molecule has 0 rings (SSSR count). The van der Waals surface area contributed by atoms with Crippen LogP contribution in [0.4, 0.5) is 0 Å². The second-order valence-corrected chi connectivity index (χ2v) is 14.1. The zero-order chi connectivity index (χ0) is 36.4. The van der Waals surface area contributed by atoms with E-state index in [1.54, 1.807) is 0 Å². The van der Waals surface area contributed by atoms with Crippen molar-refractivity contribution in [3.05, 3.63) is 60.8 Å². The van der Waals surface area contributed by atoms with E-state index in [0.717, 1.165) is 77.0 Å². The Hall–Kier alpha value is -2.36. The van der Waals surface area contributed by atoms with Crippen molar-refractivity contribution in [3.63, 3.8) is 0 Å². The van der Waals surface area contributed by atoms with Crippen LogP contribution in [0.2, 0.25) is 0 Å². The molecule has 0 fully saturated rings. The lowest BCUT2D eigenvalue weighted by Gasteiger charge is -2.13. The Labute approximate surface area is 310 Å². The van der Waals surface area contributed by atoms with E-state index in [2.05, 4.69) is 74.6 Å². The largest absolute Gasteiger partial charge is 0.479 e. The van der Waals surface area contributed by atoms with Crippen molar-refractivity contribution >= 4 is 11.9 Å². The Kier molecular flexibility index (Phi) is 39.1. The summed E-state index contributed by atoms with van der Waals surface area (Å²) < 4.78 is 5.32. The van der Waals surface area contributed by atoms with E-state index < -0.39 is 12.1 Å². The molecule has 1 N–H and O–H groups in total. The van der Waals surface area contributed by atoms with Crippen LogP contribution < -0.4 is 0 Å². The summed E-state index contributed by atoms with van der Waals surface area (Å²) in [6, 6.07) is 0. The van der Waals surface area contributed by atoms with Crippen LogP contribution in [0.3, 0.4) is 0 Å². The number of esters is 1. The third-order valence-corrected chi connectivity index (χ3v) is 9.28. The van der Waals surface area contributed by atoms with Crippen LogP contribution in [0.25, 0.3) is 0 Å². The summed E-state index contributed by atoms with van der Waals surface area (Å²) in [4.78, 5) is 23.9. The first-order valence-corrected chi connectivity index (χ1v) is 21.3. The molecule has 1 unspecified atom stereocenters. The molecule has 0 aliphatic rings. The molecular weight excluding hydrogens is 617 g/mol. The van der Waals surface area contributed by atoms with E-state index in [-0.39, 0.29) is 5.97 Å². The molecule has 0 aliphatic carbocycles. The molecular formula is C46H80O4. The molecule has 0 saturated carbocycles. The zero-order valence-corrected chi connectivity index (χ0v) is 32.9. The number of ether oxygens (including phenoxy) is 1. The van der Waals surface area contributed by atoms with E-state index in [4.69, 9.17) is 4.74 Å². The van der Waals surface area contributed by atoms with E-state index in [0.29, 0.717) is 12.8 Å². The maximum atomic E-state index is 12.2. The molecule has 288 valence electrons. The lowest BCUT2D eigenvalue weighted by Crippen LogP contribution is -2.27. The molecule has 50 heavy (non-hydrogen) atoms. The van der Waals surface area contributed by atoms with Gasteiger partial charge in [-0.1, -0.05) is 203 Å². The summed E-state index contributed by atoms with van der Waals surface area (Å²) in [5.41, 5.74) is 0. The highest BCUT2D eigenvalue weighted by molar-refractivity contribution is 5.77. The maximum Gasteiger partial charge on any atom is 0.345 e. The van der Waals surface area contributed by atoms with Crippen molar-refractivity contribution in [2.24, 2.45) is 0 Å².